The molecule has 2 rings (SSSR count). The molecule has 0 aliphatic rings. The second-order valence-electron chi connectivity index (χ2n) is 4.66. The fraction of sp³-hybridized carbons (Fsp3) is 0.188. The smallest absolute Gasteiger partial charge is 0.253 e. The van der Waals surface area contributed by atoms with Gasteiger partial charge in [-0.2, -0.15) is 0 Å². The van der Waals surface area contributed by atoms with Crippen LogP contribution in [0, 0.1) is 0 Å². The second-order valence-corrected chi connectivity index (χ2v) is 5.51. The number of nitrogen functional groups attached to an aromatic ring is 1. The highest BCUT2D eigenvalue weighted by Gasteiger charge is 2.14. The van der Waals surface area contributed by atoms with Crippen LogP contribution in [-0.4, -0.2) is 12.0 Å². The number of ether oxygens (including phenoxy) is 1. The average molecular weight is 349 g/mol. The molecule has 1 amide bonds. The van der Waals surface area contributed by atoms with Crippen molar-refractivity contribution in [1.29, 1.82) is 0 Å². The molecule has 0 aromatic heterocycles. The molecule has 0 radical (unpaired) electrons. The van der Waals surface area contributed by atoms with Crippen molar-refractivity contribution < 1.29 is 9.53 Å². The van der Waals surface area contributed by atoms with Crippen LogP contribution in [0.2, 0.25) is 0 Å². The molecule has 5 heteroatoms. The molecule has 0 saturated carbocycles. The molecule has 1 atom stereocenters. The predicted molar refractivity (Wildman–Crippen MR) is 87.9 cm³/mol. The Labute approximate surface area is 132 Å². The summed E-state index contributed by atoms with van der Waals surface area (Å²) in [7, 11) is 0. The van der Waals surface area contributed by atoms with Gasteiger partial charge in [0, 0.05) is 15.8 Å². The summed E-state index contributed by atoms with van der Waals surface area (Å²) in [6, 6.07) is 14.8. The van der Waals surface area contributed by atoms with Crippen molar-refractivity contribution in [3.63, 3.8) is 0 Å². The van der Waals surface area contributed by atoms with E-state index in [1.54, 1.807) is 31.2 Å². The van der Waals surface area contributed by atoms with Crippen LogP contribution in [0.3, 0.4) is 0 Å². The van der Waals surface area contributed by atoms with Gasteiger partial charge >= 0.3 is 0 Å². The van der Waals surface area contributed by atoms with Crippen LogP contribution in [0.15, 0.2) is 53.0 Å². The molecule has 2 aromatic carbocycles. The SMILES string of the molecule is CC(OCc1ccccc1Br)C(=O)Nc1cccc(N)c1. The zero-order valence-corrected chi connectivity index (χ0v) is 13.3. The van der Waals surface area contributed by atoms with Crippen molar-refractivity contribution in [1.82, 2.24) is 0 Å². The van der Waals surface area contributed by atoms with Gasteiger partial charge in [-0.1, -0.05) is 40.2 Å². The Morgan fingerprint density at radius 2 is 2.05 bits per heavy atom. The molecule has 0 aliphatic heterocycles. The van der Waals surface area contributed by atoms with E-state index < -0.39 is 6.10 Å². The van der Waals surface area contributed by atoms with E-state index in [-0.39, 0.29) is 5.91 Å². The third-order valence-electron chi connectivity index (χ3n) is 2.97. The maximum atomic E-state index is 12.0. The molecule has 0 aliphatic carbocycles. The summed E-state index contributed by atoms with van der Waals surface area (Å²) >= 11 is 3.45. The summed E-state index contributed by atoms with van der Waals surface area (Å²) in [5, 5.41) is 2.78. The summed E-state index contributed by atoms with van der Waals surface area (Å²) in [5.41, 5.74) is 7.94. The van der Waals surface area contributed by atoms with Crippen molar-refractivity contribution in [3.05, 3.63) is 58.6 Å². The Morgan fingerprint density at radius 1 is 1.29 bits per heavy atom. The van der Waals surface area contributed by atoms with E-state index in [9.17, 15) is 4.79 Å². The molecule has 1 unspecified atom stereocenters. The lowest BCUT2D eigenvalue weighted by atomic mass is 10.2. The molecule has 21 heavy (non-hydrogen) atoms. The topological polar surface area (TPSA) is 64.3 Å². The Kier molecular flexibility index (Phi) is 5.36. The number of hydrogen-bond acceptors (Lipinski definition) is 3. The van der Waals surface area contributed by atoms with Crippen LogP contribution in [-0.2, 0) is 16.1 Å². The Hall–Kier alpha value is -1.85. The maximum absolute atomic E-state index is 12.0. The Bertz CT molecular complexity index is 631. The van der Waals surface area contributed by atoms with Crippen molar-refractivity contribution in [2.45, 2.75) is 19.6 Å². The van der Waals surface area contributed by atoms with E-state index in [1.807, 2.05) is 24.3 Å². The number of halogens is 1. The van der Waals surface area contributed by atoms with E-state index in [4.69, 9.17) is 10.5 Å². The zero-order valence-electron chi connectivity index (χ0n) is 11.7. The van der Waals surface area contributed by atoms with E-state index in [1.165, 1.54) is 0 Å². The third-order valence-corrected chi connectivity index (χ3v) is 3.74. The minimum atomic E-state index is -0.557. The van der Waals surface area contributed by atoms with Gasteiger partial charge < -0.3 is 15.8 Å². The molecule has 2 aromatic rings. The van der Waals surface area contributed by atoms with Gasteiger partial charge in [0.25, 0.3) is 5.91 Å². The average Bonchev–Trinajstić information content (AvgIpc) is 2.46. The molecular weight excluding hydrogens is 332 g/mol. The summed E-state index contributed by atoms with van der Waals surface area (Å²) in [6.07, 6.45) is -0.557. The number of amides is 1. The fourth-order valence-electron chi connectivity index (χ4n) is 1.77. The van der Waals surface area contributed by atoms with Gasteiger partial charge in [-0.15, -0.1) is 0 Å². The zero-order chi connectivity index (χ0) is 15.2. The summed E-state index contributed by atoms with van der Waals surface area (Å²) in [6.45, 7) is 2.09. The second kappa shape index (κ2) is 7.24. The van der Waals surface area contributed by atoms with Gasteiger partial charge in [0.2, 0.25) is 0 Å². The van der Waals surface area contributed by atoms with Crippen molar-refractivity contribution in [3.8, 4) is 0 Å². The number of nitrogens with one attached hydrogen (secondary N) is 1. The largest absolute Gasteiger partial charge is 0.399 e. The van der Waals surface area contributed by atoms with Crippen LogP contribution in [0.5, 0.6) is 0 Å². The highest BCUT2D eigenvalue weighted by Crippen LogP contribution is 2.18. The summed E-state index contributed by atoms with van der Waals surface area (Å²) in [5.74, 6) is -0.201. The summed E-state index contributed by atoms with van der Waals surface area (Å²) in [4.78, 5) is 12.0. The van der Waals surface area contributed by atoms with Crippen LogP contribution < -0.4 is 11.1 Å². The van der Waals surface area contributed by atoms with Gasteiger partial charge in [-0.3, -0.25) is 4.79 Å². The van der Waals surface area contributed by atoms with Gasteiger partial charge in [0.05, 0.1) is 6.61 Å². The third kappa shape index (κ3) is 4.58. The minimum Gasteiger partial charge on any atom is -0.399 e. The number of nitrogens with two attached hydrogens (primary N) is 1. The van der Waals surface area contributed by atoms with Crippen molar-refractivity contribution >= 4 is 33.2 Å². The van der Waals surface area contributed by atoms with Crippen LogP contribution in [0.4, 0.5) is 11.4 Å². The number of carbonyl (C=O) groups is 1. The van der Waals surface area contributed by atoms with Crippen LogP contribution >= 0.6 is 15.9 Å². The first-order valence-corrected chi connectivity index (χ1v) is 7.37. The van der Waals surface area contributed by atoms with Gasteiger partial charge in [-0.05, 0) is 36.8 Å². The van der Waals surface area contributed by atoms with Crippen LogP contribution in [0.1, 0.15) is 12.5 Å². The number of benzene rings is 2. The monoisotopic (exact) mass is 348 g/mol. The fourth-order valence-corrected chi connectivity index (χ4v) is 2.17. The van der Waals surface area contributed by atoms with Crippen molar-refractivity contribution in [2.75, 3.05) is 11.1 Å². The number of anilines is 2. The molecule has 0 saturated heterocycles. The number of carbonyl (C=O) groups excluding carboxylic acids is 1. The van der Waals surface area contributed by atoms with Gasteiger partial charge in [-0.25, -0.2) is 0 Å². The molecule has 4 nitrogen and oxygen atoms in total. The number of rotatable bonds is 5. The first-order chi connectivity index (χ1) is 10.1. The lowest BCUT2D eigenvalue weighted by Crippen LogP contribution is -2.27. The summed E-state index contributed by atoms with van der Waals surface area (Å²) < 4.78 is 6.57. The lowest BCUT2D eigenvalue weighted by molar-refractivity contribution is -0.127. The van der Waals surface area contributed by atoms with E-state index in [0.717, 1.165) is 10.0 Å². The molecule has 110 valence electrons. The van der Waals surface area contributed by atoms with Gasteiger partial charge in [0.1, 0.15) is 6.10 Å². The van der Waals surface area contributed by atoms with Crippen molar-refractivity contribution in [2.24, 2.45) is 0 Å². The number of hydrogen-bond donors (Lipinski definition) is 2. The quantitative estimate of drug-likeness (QED) is 0.811. The lowest BCUT2D eigenvalue weighted by Gasteiger charge is -2.14. The van der Waals surface area contributed by atoms with Gasteiger partial charge in [0.15, 0.2) is 0 Å². The van der Waals surface area contributed by atoms with E-state index >= 15 is 0 Å². The first-order valence-electron chi connectivity index (χ1n) is 6.57. The van der Waals surface area contributed by atoms with E-state index in [0.29, 0.717) is 18.0 Å². The maximum Gasteiger partial charge on any atom is 0.253 e. The molecular formula is C16H17BrN2O2. The molecule has 0 heterocycles. The highest BCUT2D eigenvalue weighted by molar-refractivity contribution is 9.10. The molecule has 3 N–H and O–H groups in total. The van der Waals surface area contributed by atoms with Crippen LogP contribution in [0.25, 0.3) is 0 Å². The standard InChI is InChI=1S/C16H17BrN2O2/c1-11(21-10-12-5-2-3-8-15(12)17)16(20)19-14-7-4-6-13(18)9-14/h2-9,11H,10,18H2,1H3,(H,19,20). The normalized spacial score (nSPS) is 11.9. The Balaban J connectivity index is 1.90. The van der Waals surface area contributed by atoms with E-state index in [2.05, 4.69) is 21.2 Å². The molecule has 0 fully saturated rings. The predicted octanol–water partition coefficient (Wildman–Crippen LogP) is 3.58. The highest BCUT2D eigenvalue weighted by atomic mass is 79.9. The molecule has 0 bridgehead atoms. The Morgan fingerprint density at radius 3 is 2.76 bits per heavy atom. The minimum absolute atomic E-state index is 0.201. The first kappa shape index (κ1) is 15.5. The molecule has 0 spiro atoms.